The zero-order valence-electron chi connectivity index (χ0n) is 9.45. The lowest BCUT2D eigenvalue weighted by Crippen LogP contribution is -2.29. The van der Waals surface area contributed by atoms with Crippen LogP contribution in [0.25, 0.3) is 0 Å². The van der Waals surface area contributed by atoms with Gasteiger partial charge in [-0.2, -0.15) is 0 Å². The zero-order chi connectivity index (χ0) is 11.4. The summed E-state index contributed by atoms with van der Waals surface area (Å²) in [6.45, 7) is 1.09. The van der Waals surface area contributed by atoms with Crippen molar-refractivity contribution in [3.63, 3.8) is 0 Å². The molecule has 1 aromatic rings. The Bertz CT molecular complexity index is 315. The van der Waals surface area contributed by atoms with E-state index in [4.69, 9.17) is 5.73 Å². The lowest BCUT2D eigenvalue weighted by molar-refractivity contribution is 0.339. The van der Waals surface area contributed by atoms with Crippen molar-refractivity contribution < 1.29 is 0 Å². The van der Waals surface area contributed by atoms with Gasteiger partial charge in [-0.15, -0.1) is 0 Å². The summed E-state index contributed by atoms with van der Waals surface area (Å²) in [5, 5.41) is 3.51. The Labute approximate surface area is 111 Å². The van der Waals surface area contributed by atoms with E-state index < -0.39 is 0 Å². The molecule has 0 amide bonds. The number of anilines is 1. The molecule has 16 heavy (non-hydrogen) atoms. The molecule has 2 rings (SSSR count). The van der Waals surface area contributed by atoms with Crippen LogP contribution in [0.3, 0.4) is 0 Å². The maximum Gasteiger partial charge on any atom is 0.0340 e. The van der Waals surface area contributed by atoms with Crippen molar-refractivity contribution in [2.24, 2.45) is 11.7 Å². The molecule has 0 spiro atoms. The quantitative estimate of drug-likeness (QED) is 0.835. The summed E-state index contributed by atoms with van der Waals surface area (Å²) in [4.78, 5) is 0. The monoisotopic (exact) mass is 330 g/mol. The standard InChI is InChI=1S/C13H19IN2/c14-11-3-7-13(8-4-11)16-9-10-1-5-12(15)6-2-10/h3-4,7-8,10,12,16H,1-2,5-6,9,15H2. The molecule has 1 aliphatic rings. The molecule has 0 aromatic heterocycles. The van der Waals surface area contributed by atoms with Crippen LogP contribution in [-0.4, -0.2) is 12.6 Å². The third kappa shape index (κ3) is 3.63. The highest BCUT2D eigenvalue weighted by atomic mass is 127. The van der Waals surface area contributed by atoms with Crippen molar-refractivity contribution in [1.29, 1.82) is 0 Å². The number of benzene rings is 1. The Hall–Kier alpha value is -0.290. The molecular formula is C13H19IN2. The van der Waals surface area contributed by atoms with Crippen LogP contribution in [0.4, 0.5) is 5.69 Å². The fourth-order valence-electron chi connectivity index (χ4n) is 2.22. The Kier molecular flexibility index (Phi) is 4.46. The van der Waals surface area contributed by atoms with Gasteiger partial charge in [0.2, 0.25) is 0 Å². The average Bonchev–Trinajstić information content (AvgIpc) is 2.30. The first-order chi connectivity index (χ1) is 7.74. The zero-order valence-corrected chi connectivity index (χ0v) is 11.6. The normalized spacial score (nSPS) is 25.4. The molecule has 1 aliphatic carbocycles. The third-order valence-electron chi connectivity index (χ3n) is 3.33. The first-order valence-electron chi connectivity index (χ1n) is 5.99. The molecule has 0 saturated heterocycles. The number of hydrogen-bond acceptors (Lipinski definition) is 2. The van der Waals surface area contributed by atoms with E-state index >= 15 is 0 Å². The van der Waals surface area contributed by atoms with E-state index in [1.807, 2.05) is 0 Å². The fraction of sp³-hybridized carbons (Fsp3) is 0.538. The van der Waals surface area contributed by atoms with Crippen LogP contribution in [0.5, 0.6) is 0 Å². The number of halogens is 1. The lowest BCUT2D eigenvalue weighted by Gasteiger charge is -2.26. The molecule has 0 unspecified atom stereocenters. The van der Waals surface area contributed by atoms with E-state index in [0.29, 0.717) is 6.04 Å². The average molecular weight is 330 g/mol. The number of rotatable bonds is 3. The van der Waals surface area contributed by atoms with Gasteiger partial charge in [0.25, 0.3) is 0 Å². The molecule has 0 heterocycles. The summed E-state index contributed by atoms with van der Waals surface area (Å²) < 4.78 is 1.28. The second-order valence-electron chi connectivity index (χ2n) is 4.67. The molecule has 0 atom stereocenters. The van der Waals surface area contributed by atoms with Gasteiger partial charge in [0.1, 0.15) is 0 Å². The molecule has 88 valence electrons. The van der Waals surface area contributed by atoms with Gasteiger partial charge in [-0.1, -0.05) is 0 Å². The summed E-state index contributed by atoms with van der Waals surface area (Å²) in [7, 11) is 0. The summed E-state index contributed by atoms with van der Waals surface area (Å²) in [6, 6.07) is 9.03. The molecule has 3 heteroatoms. The smallest absolute Gasteiger partial charge is 0.0340 e. The highest BCUT2D eigenvalue weighted by molar-refractivity contribution is 14.1. The van der Waals surface area contributed by atoms with E-state index in [1.165, 1.54) is 34.9 Å². The maximum absolute atomic E-state index is 5.90. The minimum atomic E-state index is 0.453. The number of hydrogen-bond donors (Lipinski definition) is 2. The minimum absolute atomic E-state index is 0.453. The van der Waals surface area contributed by atoms with Crippen molar-refractivity contribution in [2.75, 3.05) is 11.9 Å². The van der Waals surface area contributed by atoms with Crippen molar-refractivity contribution in [3.05, 3.63) is 27.8 Å². The Balaban J connectivity index is 1.77. The molecule has 1 saturated carbocycles. The molecule has 1 fully saturated rings. The summed E-state index contributed by atoms with van der Waals surface area (Å²) in [5.74, 6) is 0.805. The highest BCUT2D eigenvalue weighted by Crippen LogP contribution is 2.23. The van der Waals surface area contributed by atoms with Gasteiger partial charge in [-0.3, -0.25) is 0 Å². The van der Waals surface area contributed by atoms with Crippen LogP contribution in [0, 0.1) is 9.49 Å². The molecule has 0 bridgehead atoms. The van der Waals surface area contributed by atoms with Gasteiger partial charge >= 0.3 is 0 Å². The highest BCUT2D eigenvalue weighted by Gasteiger charge is 2.17. The molecular weight excluding hydrogens is 311 g/mol. The summed E-state index contributed by atoms with van der Waals surface area (Å²) in [6.07, 6.45) is 4.94. The minimum Gasteiger partial charge on any atom is -0.385 e. The van der Waals surface area contributed by atoms with Crippen molar-refractivity contribution in [3.8, 4) is 0 Å². The number of nitrogens with one attached hydrogen (secondary N) is 1. The van der Waals surface area contributed by atoms with E-state index in [2.05, 4.69) is 52.2 Å². The predicted octanol–water partition coefficient (Wildman–Crippen LogP) is 3.22. The fourth-order valence-corrected chi connectivity index (χ4v) is 2.58. The van der Waals surface area contributed by atoms with Crippen LogP contribution in [0.1, 0.15) is 25.7 Å². The second-order valence-corrected chi connectivity index (χ2v) is 5.91. The second kappa shape index (κ2) is 5.87. The first kappa shape index (κ1) is 12.2. The van der Waals surface area contributed by atoms with E-state index in [0.717, 1.165) is 12.5 Å². The van der Waals surface area contributed by atoms with Crippen molar-refractivity contribution in [1.82, 2.24) is 0 Å². The van der Waals surface area contributed by atoms with Gasteiger partial charge in [0.05, 0.1) is 0 Å². The van der Waals surface area contributed by atoms with Crippen molar-refractivity contribution >= 4 is 28.3 Å². The summed E-state index contributed by atoms with van der Waals surface area (Å²) in [5.41, 5.74) is 7.13. The predicted molar refractivity (Wildman–Crippen MR) is 77.6 cm³/mol. The molecule has 2 nitrogen and oxygen atoms in total. The maximum atomic E-state index is 5.90. The topological polar surface area (TPSA) is 38.0 Å². The SMILES string of the molecule is NC1CCC(CNc2ccc(I)cc2)CC1. The molecule has 3 N–H and O–H groups in total. The molecule has 0 aliphatic heterocycles. The number of nitrogens with two attached hydrogens (primary N) is 1. The van der Waals surface area contributed by atoms with Gasteiger partial charge in [-0.05, 0) is 78.5 Å². The molecule has 1 aromatic carbocycles. The van der Waals surface area contributed by atoms with Crippen LogP contribution in [0.15, 0.2) is 24.3 Å². The van der Waals surface area contributed by atoms with E-state index in [-0.39, 0.29) is 0 Å². The summed E-state index contributed by atoms with van der Waals surface area (Å²) >= 11 is 2.33. The van der Waals surface area contributed by atoms with Crippen LogP contribution in [-0.2, 0) is 0 Å². The van der Waals surface area contributed by atoms with Gasteiger partial charge in [-0.25, -0.2) is 0 Å². The lowest BCUT2D eigenvalue weighted by atomic mass is 9.86. The van der Waals surface area contributed by atoms with Gasteiger partial charge in [0.15, 0.2) is 0 Å². The Morgan fingerprint density at radius 2 is 1.75 bits per heavy atom. The van der Waals surface area contributed by atoms with E-state index in [9.17, 15) is 0 Å². The third-order valence-corrected chi connectivity index (χ3v) is 4.05. The van der Waals surface area contributed by atoms with Crippen LogP contribution in [0.2, 0.25) is 0 Å². The van der Waals surface area contributed by atoms with Gasteiger partial charge in [0, 0.05) is 21.8 Å². The Morgan fingerprint density at radius 3 is 2.38 bits per heavy atom. The Morgan fingerprint density at radius 1 is 1.12 bits per heavy atom. The first-order valence-corrected chi connectivity index (χ1v) is 7.07. The van der Waals surface area contributed by atoms with Crippen LogP contribution < -0.4 is 11.1 Å². The van der Waals surface area contributed by atoms with Gasteiger partial charge < -0.3 is 11.1 Å². The van der Waals surface area contributed by atoms with E-state index in [1.54, 1.807) is 0 Å². The molecule has 0 radical (unpaired) electrons. The largest absolute Gasteiger partial charge is 0.385 e. The van der Waals surface area contributed by atoms with Crippen LogP contribution >= 0.6 is 22.6 Å². The van der Waals surface area contributed by atoms with Crippen molar-refractivity contribution in [2.45, 2.75) is 31.7 Å².